The molecule has 1 aromatic carbocycles. The molecule has 0 atom stereocenters. The molecule has 0 aliphatic carbocycles. The third-order valence-electron chi connectivity index (χ3n) is 2.42. The number of benzene rings is 1. The largest absolute Gasteiger partial charge is 0.484 e. The van der Waals surface area contributed by atoms with E-state index in [1.165, 1.54) is 0 Å². The van der Waals surface area contributed by atoms with E-state index in [2.05, 4.69) is 10.5 Å². The van der Waals surface area contributed by atoms with Crippen LogP contribution in [0.2, 0.25) is 5.02 Å². The van der Waals surface area contributed by atoms with E-state index in [1.807, 2.05) is 30.1 Å². The highest BCUT2D eigenvalue weighted by atomic mass is 35.5. The van der Waals surface area contributed by atoms with Crippen molar-refractivity contribution in [2.75, 3.05) is 6.61 Å². The van der Waals surface area contributed by atoms with Crippen molar-refractivity contribution in [3.8, 4) is 5.75 Å². The van der Waals surface area contributed by atoms with Crippen LogP contribution < -0.4 is 10.2 Å². The third-order valence-corrected chi connectivity index (χ3v) is 2.66. The van der Waals surface area contributed by atoms with E-state index in [0.29, 0.717) is 10.8 Å². The first-order chi connectivity index (χ1) is 9.63. The molecule has 0 spiro atoms. The van der Waals surface area contributed by atoms with E-state index in [4.69, 9.17) is 16.3 Å². The number of carbonyl (C=O) groups excluding carboxylic acids is 1. The Bertz CT molecular complexity index is 622. The van der Waals surface area contributed by atoms with E-state index in [1.54, 1.807) is 30.5 Å². The first-order valence-corrected chi connectivity index (χ1v) is 6.33. The molecule has 0 unspecified atom stereocenters. The Morgan fingerprint density at radius 2 is 2.35 bits per heavy atom. The van der Waals surface area contributed by atoms with E-state index in [9.17, 15) is 4.79 Å². The number of aryl methyl sites for hydroxylation is 1. The first kappa shape index (κ1) is 14.1. The van der Waals surface area contributed by atoms with Gasteiger partial charge in [0.2, 0.25) is 0 Å². The lowest BCUT2D eigenvalue weighted by molar-refractivity contribution is -0.123. The fraction of sp³-hybridized carbons (Fsp3) is 0.143. The van der Waals surface area contributed by atoms with Crippen LogP contribution in [0.25, 0.3) is 0 Å². The third kappa shape index (κ3) is 4.44. The van der Waals surface area contributed by atoms with Gasteiger partial charge in [0, 0.05) is 30.0 Å². The van der Waals surface area contributed by atoms with Crippen molar-refractivity contribution in [1.82, 2.24) is 9.99 Å². The molecule has 6 heteroatoms. The van der Waals surface area contributed by atoms with Crippen molar-refractivity contribution in [3.63, 3.8) is 0 Å². The van der Waals surface area contributed by atoms with Crippen LogP contribution in [-0.2, 0) is 11.8 Å². The summed E-state index contributed by atoms with van der Waals surface area (Å²) >= 11 is 5.81. The molecule has 2 rings (SSSR count). The van der Waals surface area contributed by atoms with Crippen LogP contribution in [0.1, 0.15) is 5.56 Å². The van der Waals surface area contributed by atoms with E-state index < -0.39 is 0 Å². The molecule has 0 radical (unpaired) electrons. The number of aromatic nitrogens is 1. The SMILES string of the molecule is Cn1ccc(/C=N/NC(=O)COc2cccc(Cl)c2)c1. The quantitative estimate of drug-likeness (QED) is 0.678. The van der Waals surface area contributed by atoms with E-state index in [0.717, 1.165) is 5.56 Å². The van der Waals surface area contributed by atoms with Gasteiger partial charge in [-0.3, -0.25) is 4.79 Å². The summed E-state index contributed by atoms with van der Waals surface area (Å²) in [5, 5.41) is 4.40. The number of hydrogen-bond acceptors (Lipinski definition) is 3. The Hall–Kier alpha value is -2.27. The summed E-state index contributed by atoms with van der Waals surface area (Å²) in [6.45, 7) is -0.119. The molecule has 5 nitrogen and oxygen atoms in total. The summed E-state index contributed by atoms with van der Waals surface area (Å²) in [6.07, 6.45) is 5.35. The van der Waals surface area contributed by atoms with Crippen LogP contribution in [0.5, 0.6) is 5.75 Å². The molecular weight excluding hydrogens is 278 g/mol. The van der Waals surface area contributed by atoms with Crippen LogP contribution in [0, 0.1) is 0 Å². The number of hydrogen-bond donors (Lipinski definition) is 1. The van der Waals surface area contributed by atoms with Gasteiger partial charge in [-0.2, -0.15) is 5.10 Å². The molecule has 0 aliphatic rings. The zero-order chi connectivity index (χ0) is 14.4. The van der Waals surface area contributed by atoms with Gasteiger partial charge < -0.3 is 9.30 Å². The maximum absolute atomic E-state index is 11.5. The minimum Gasteiger partial charge on any atom is -0.484 e. The van der Waals surface area contributed by atoms with Gasteiger partial charge in [-0.1, -0.05) is 17.7 Å². The second-order valence-electron chi connectivity index (χ2n) is 4.15. The summed E-state index contributed by atoms with van der Waals surface area (Å²) in [5.41, 5.74) is 3.29. The summed E-state index contributed by atoms with van der Waals surface area (Å²) < 4.78 is 7.18. The molecule has 1 heterocycles. The Morgan fingerprint density at radius 1 is 1.50 bits per heavy atom. The van der Waals surface area contributed by atoms with Gasteiger partial charge in [0.15, 0.2) is 6.61 Å². The van der Waals surface area contributed by atoms with Gasteiger partial charge in [0.1, 0.15) is 5.75 Å². The van der Waals surface area contributed by atoms with Crippen LogP contribution in [0.4, 0.5) is 0 Å². The van der Waals surface area contributed by atoms with Gasteiger partial charge in [-0.15, -0.1) is 0 Å². The molecule has 0 saturated heterocycles. The lowest BCUT2D eigenvalue weighted by atomic mass is 10.3. The number of nitrogens with zero attached hydrogens (tertiary/aromatic N) is 2. The zero-order valence-electron chi connectivity index (χ0n) is 10.9. The summed E-state index contributed by atoms with van der Waals surface area (Å²) in [6, 6.07) is 8.74. The average Bonchev–Trinajstić information content (AvgIpc) is 2.82. The highest BCUT2D eigenvalue weighted by Gasteiger charge is 2.01. The topological polar surface area (TPSA) is 55.6 Å². The molecule has 0 fully saturated rings. The van der Waals surface area contributed by atoms with Gasteiger partial charge in [0.05, 0.1) is 6.21 Å². The number of carbonyl (C=O) groups is 1. The van der Waals surface area contributed by atoms with E-state index >= 15 is 0 Å². The molecule has 104 valence electrons. The number of nitrogens with one attached hydrogen (secondary N) is 1. The molecular formula is C14H14ClN3O2. The van der Waals surface area contributed by atoms with Crippen LogP contribution in [0.15, 0.2) is 47.8 Å². The number of halogens is 1. The Balaban J connectivity index is 1.77. The second kappa shape index (κ2) is 6.77. The van der Waals surface area contributed by atoms with Crippen molar-refractivity contribution in [1.29, 1.82) is 0 Å². The molecule has 1 aromatic heterocycles. The fourth-order valence-corrected chi connectivity index (χ4v) is 1.70. The number of ether oxygens (including phenoxy) is 1. The van der Waals surface area contributed by atoms with Gasteiger partial charge in [-0.25, -0.2) is 5.43 Å². The highest BCUT2D eigenvalue weighted by Crippen LogP contribution is 2.16. The highest BCUT2D eigenvalue weighted by molar-refractivity contribution is 6.30. The minimum atomic E-state index is -0.336. The predicted octanol–water partition coefficient (Wildman–Crippen LogP) is 2.21. The summed E-state index contributed by atoms with van der Waals surface area (Å²) in [5.74, 6) is 0.205. The Kier molecular flexibility index (Phi) is 4.79. The van der Waals surface area contributed by atoms with Crippen molar-refractivity contribution in [3.05, 3.63) is 53.3 Å². The second-order valence-corrected chi connectivity index (χ2v) is 4.59. The lowest BCUT2D eigenvalue weighted by Gasteiger charge is -2.04. The Morgan fingerprint density at radius 3 is 3.05 bits per heavy atom. The number of hydrazone groups is 1. The van der Waals surface area contributed by atoms with Crippen molar-refractivity contribution in [2.24, 2.45) is 12.1 Å². The van der Waals surface area contributed by atoms with Gasteiger partial charge >= 0.3 is 0 Å². The maximum Gasteiger partial charge on any atom is 0.277 e. The van der Waals surface area contributed by atoms with Crippen LogP contribution in [0.3, 0.4) is 0 Å². The Labute approximate surface area is 121 Å². The van der Waals surface area contributed by atoms with Crippen LogP contribution in [-0.4, -0.2) is 23.3 Å². The van der Waals surface area contributed by atoms with Crippen molar-refractivity contribution < 1.29 is 9.53 Å². The molecule has 20 heavy (non-hydrogen) atoms. The van der Waals surface area contributed by atoms with Crippen molar-refractivity contribution in [2.45, 2.75) is 0 Å². The zero-order valence-corrected chi connectivity index (χ0v) is 11.7. The minimum absolute atomic E-state index is 0.119. The van der Waals surface area contributed by atoms with E-state index in [-0.39, 0.29) is 12.5 Å². The summed E-state index contributed by atoms with van der Waals surface area (Å²) in [4.78, 5) is 11.5. The van der Waals surface area contributed by atoms with Gasteiger partial charge in [-0.05, 0) is 24.3 Å². The van der Waals surface area contributed by atoms with Gasteiger partial charge in [0.25, 0.3) is 5.91 Å². The normalized spacial score (nSPS) is 10.7. The molecule has 0 aliphatic heterocycles. The first-order valence-electron chi connectivity index (χ1n) is 5.96. The monoisotopic (exact) mass is 291 g/mol. The smallest absolute Gasteiger partial charge is 0.277 e. The van der Waals surface area contributed by atoms with Crippen LogP contribution >= 0.6 is 11.6 Å². The average molecular weight is 292 g/mol. The lowest BCUT2D eigenvalue weighted by Crippen LogP contribution is -2.24. The number of rotatable bonds is 5. The standard InChI is InChI=1S/C14H14ClN3O2/c1-18-6-5-11(9-18)8-16-17-14(19)10-20-13-4-2-3-12(15)7-13/h2-9H,10H2,1H3,(H,17,19)/b16-8+. The molecule has 1 amide bonds. The molecule has 2 aromatic rings. The molecule has 1 N–H and O–H groups in total. The van der Waals surface area contributed by atoms with Crippen molar-refractivity contribution >= 4 is 23.7 Å². The summed E-state index contributed by atoms with van der Waals surface area (Å²) in [7, 11) is 1.91. The fourth-order valence-electron chi connectivity index (χ4n) is 1.52. The molecule has 0 saturated carbocycles. The maximum atomic E-state index is 11.5. The number of amides is 1. The molecule has 0 bridgehead atoms. The predicted molar refractivity (Wildman–Crippen MR) is 78.1 cm³/mol.